The summed E-state index contributed by atoms with van der Waals surface area (Å²) in [5.41, 5.74) is 0. The Morgan fingerprint density at radius 3 is 2.64 bits per heavy atom. The van der Waals surface area contributed by atoms with Gasteiger partial charge in [-0.15, -0.1) is 6.58 Å². The summed E-state index contributed by atoms with van der Waals surface area (Å²) in [6, 6.07) is -0.645. The van der Waals surface area contributed by atoms with Crippen molar-refractivity contribution in [3.05, 3.63) is 22.8 Å². The molecule has 0 fully saturated rings. The van der Waals surface area contributed by atoms with E-state index in [9.17, 15) is 14.9 Å². The van der Waals surface area contributed by atoms with Gasteiger partial charge in [0.15, 0.2) is 0 Å². The van der Waals surface area contributed by atoms with Gasteiger partial charge in [-0.3, -0.25) is 14.9 Å². The summed E-state index contributed by atoms with van der Waals surface area (Å²) in [5.74, 6) is 0.114. The van der Waals surface area contributed by atoms with E-state index in [-0.39, 0.29) is 10.7 Å². The highest BCUT2D eigenvalue weighted by molar-refractivity contribution is 5.78. The van der Waals surface area contributed by atoms with E-state index in [0.717, 1.165) is 6.42 Å². The van der Waals surface area contributed by atoms with Crippen molar-refractivity contribution >= 4 is 5.78 Å². The minimum absolute atomic E-state index is 0.114. The van der Waals surface area contributed by atoms with Crippen molar-refractivity contribution in [3.8, 4) is 0 Å². The molecule has 0 aliphatic heterocycles. The molecule has 0 radical (unpaired) electrons. The van der Waals surface area contributed by atoms with Crippen molar-refractivity contribution in [2.75, 3.05) is 0 Å². The van der Waals surface area contributed by atoms with E-state index in [1.54, 1.807) is 0 Å². The molecule has 4 heteroatoms. The Morgan fingerprint density at radius 2 is 2.21 bits per heavy atom. The second kappa shape index (κ2) is 7.24. The zero-order valence-electron chi connectivity index (χ0n) is 8.57. The molecule has 1 unspecified atom stereocenters. The number of ketones is 1. The maximum absolute atomic E-state index is 11.1. The third-order valence-corrected chi connectivity index (χ3v) is 2.02. The summed E-state index contributed by atoms with van der Waals surface area (Å²) in [4.78, 5) is 21.3. The number of carbonyl (C=O) groups is 1. The van der Waals surface area contributed by atoms with E-state index >= 15 is 0 Å². The maximum atomic E-state index is 11.1. The topological polar surface area (TPSA) is 60.2 Å². The van der Waals surface area contributed by atoms with Crippen LogP contribution < -0.4 is 0 Å². The van der Waals surface area contributed by atoms with Crippen molar-refractivity contribution in [1.82, 2.24) is 0 Å². The highest BCUT2D eigenvalue weighted by Gasteiger charge is 2.18. The van der Waals surface area contributed by atoms with E-state index in [1.807, 2.05) is 6.92 Å². The molecule has 0 N–H and O–H groups in total. The van der Waals surface area contributed by atoms with Crippen LogP contribution in [-0.4, -0.2) is 16.7 Å². The van der Waals surface area contributed by atoms with E-state index in [4.69, 9.17) is 0 Å². The fourth-order valence-electron chi connectivity index (χ4n) is 1.23. The number of rotatable bonds is 8. The highest BCUT2D eigenvalue weighted by Crippen LogP contribution is 2.08. The van der Waals surface area contributed by atoms with Crippen LogP contribution in [0.15, 0.2) is 12.7 Å². The summed E-state index contributed by atoms with van der Waals surface area (Å²) in [6.45, 7) is 5.38. The van der Waals surface area contributed by atoms with Crippen molar-refractivity contribution in [3.63, 3.8) is 0 Å². The van der Waals surface area contributed by atoms with Gasteiger partial charge in [-0.25, -0.2) is 0 Å². The van der Waals surface area contributed by atoms with Crippen molar-refractivity contribution in [2.45, 2.75) is 45.1 Å². The first-order valence-electron chi connectivity index (χ1n) is 4.87. The molecule has 80 valence electrons. The van der Waals surface area contributed by atoms with E-state index < -0.39 is 6.04 Å². The standard InChI is InChI=1S/C10H17NO3/c1-3-5-9(11(13)14)7-8-10(12)6-4-2/h3,9H,1,4-8H2,2H3. The number of hydrogen-bond acceptors (Lipinski definition) is 3. The van der Waals surface area contributed by atoms with Crippen molar-refractivity contribution in [1.29, 1.82) is 0 Å². The molecule has 14 heavy (non-hydrogen) atoms. The average molecular weight is 199 g/mol. The molecule has 0 rings (SSSR count). The normalized spacial score (nSPS) is 12.1. The van der Waals surface area contributed by atoms with Crippen LogP contribution in [0.25, 0.3) is 0 Å². The molecular formula is C10H17NO3. The zero-order chi connectivity index (χ0) is 11.0. The quantitative estimate of drug-likeness (QED) is 0.342. The number of nitrogens with zero attached hydrogens (tertiary/aromatic N) is 1. The van der Waals surface area contributed by atoms with Crippen LogP contribution in [0.1, 0.15) is 39.0 Å². The predicted molar refractivity (Wildman–Crippen MR) is 54.7 cm³/mol. The van der Waals surface area contributed by atoms with Crippen LogP contribution in [0.2, 0.25) is 0 Å². The van der Waals surface area contributed by atoms with Gasteiger partial charge in [0.25, 0.3) is 0 Å². The van der Waals surface area contributed by atoms with Gasteiger partial charge in [0.2, 0.25) is 6.04 Å². The molecule has 0 aliphatic rings. The Labute approximate surface area is 84.1 Å². The molecule has 0 aromatic heterocycles. The van der Waals surface area contributed by atoms with Crippen LogP contribution in [0, 0.1) is 10.1 Å². The first kappa shape index (κ1) is 12.8. The minimum Gasteiger partial charge on any atom is -0.300 e. The molecule has 0 aliphatic carbocycles. The first-order chi connectivity index (χ1) is 6.61. The summed E-state index contributed by atoms with van der Waals surface area (Å²) < 4.78 is 0. The molecule has 1 atom stereocenters. The lowest BCUT2D eigenvalue weighted by Gasteiger charge is -2.05. The third-order valence-electron chi connectivity index (χ3n) is 2.02. The monoisotopic (exact) mass is 199 g/mol. The molecule has 0 amide bonds. The molecule has 0 heterocycles. The molecule has 0 aromatic carbocycles. The maximum Gasteiger partial charge on any atom is 0.216 e. The van der Waals surface area contributed by atoms with E-state index in [0.29, 0.717) is 25.7 Å². The van der Waals surface area contributed by atoms with Gasteiger partial charge in [-0.2, -0.15) is 0 Å². The van der Waals surface area contributed by atoms with Crippen LogP contribution in [0.3, 0.4) is 0 Å². The van der Waals surface area contributed by atoms with E-state index in [2.05, 4.69) is 6.58 Å². The molecule has 0 bridgehead atoms. The smallest absolute Gasteiger partial charge is 0.216 e. The van der Waals surface area contributed by atoms with Crippen LogP contribution in [-0.2, 0) is 4.79 Å². The van der Waals surface area contributed by atoms with Gasteiger partial charge in [0, 0.05) is 30.6 Å². The number of carbonyl (C=O) groups excluding carboxylic acids is 1. The fraction of sp³-hybridized carbons (Fsp3) is 0.700. The van der Waals surface area contributed by atoms with Crippen molar-refractivity contribution < 1.29 is 9.72 Å². The minimum atomic E-state index is -0.645. The van der Waals surface area contributed by atoms with Gasteiger partial charge in [-0.1, -0.05) is 13.0 Å². The van der Waals surface area contributed by atoms with Gasteiger partial charge < -0.3 is 0 Å². The van der Waals surface area contributed by atoms with Crippen LogP contribution in [0.5, 0.6) is 0 Å². The zero-order valence-corrected chi connectivity index (χ0v) is 8.57. The van der Waals surface area contributed by atoms with Crippen LogP contribution in [0.4, 0.5) is 0 Å². The predicted octanol–water partition coefficient (Wildman–Crippen LogP) is 2.36. The van der Waals surface area contributed by atoms with Crippen LogP contribution >= 0.6 is 0 Å². The number of nitro groups is 1. The summed E-state index contributed by atoms with van der Waals surface area (Å²) in [7, 11) is 0. The Hall–Kier alpha value is -1.19. The lowest BCUT2D eigenvalue weighted by molar-refractivity contribution is -0.522. The molecular weight excluding hydrogens is 182 g/mol. The Morgan fingerprint density at radius 1 is 1.57 bits per heavy atom. The second-order valence-corrected chi connectivity index (χ2v) is 3.29. The van der Waals surface area contributed by atoms with Gasteiger partial charge in [-0.05, 0) is 6.42 Å². The molecule has 0 spiro atoms. The van der Waals surface area contributed by atoms with Gasteiger partial charge in [0.05, 0.1) is 0 Å². The largest absolute Gasteiger partial charge is 0.300 e. The summed E-state index contributed by atoms with van der Waals surface area (Å²) >= 11 is 0. The summed E-state index contributed by atoms with van der Waals surface area (Å²) in [5, 5.41) is 10.5. The van der Waals surface area contributed by atoms with E-state index in [1.165, 1.54) is 6.08 Å². The molecule has 0 aromatic rings. The lowest BCUT2D eigenvalue weighted by Crippen LogP contribution is -2.19. The van der Waals surface area contributed by atoms with Gasteiger partial charge in [0.1, 0.15) is 5.78 Å². The molecule has 4 nitrogen and oxygen atoms in total. The number of hydrogen-bond donors (Lipinski definition) is 0. The highest BCUT2D eigenvalue weighted by atomic mass is 16.6. The Kier molecular flexibility index (Phi) is 6.62. The van der Waals surface area contributed by atoms with Crippen molar-refractivity contribution in [2.24, 2.45) is 0 Å². The summed E-state index contributed by atoms with van der Waals surface area (Å²) in [6.07, 6.45) is 3.84. The fourth-order valence-corrected chi connectivity index (χ4v) is 1.23. The average Bonchev–Trinajstić information content (AvgIpc) is 2.12. The Bertz CT molecular complexity index is 213. The SMILES string of the molecule is C=CCC(CCC(=O)CCC)[N+](=O)[O-]. The first-order valence-corrected chi connectivity index (χ1v) is 4.87. The third kappa shape index (κ3) is 5.45. The van der Waals surface area contributed by atoms with Gasteiger partial charge >= 0.3 is 0 Å². The molecule has 0 saturated heterocycles. The Balaban J connectivity index is 3.87. The lowest BCUT2D eigenvalue weighted by atomic mass is 10.0. The second-order valence-electron chi connectivity index (χ2n) is 3.29. The number of Topliss-reactive ketones (excluding diaryl/α,β-unsaturated/α-hetero) is 1. The molecule has 0 saturated carbocycles.